The molecule has 0 fully saturated rings. The van der Waals surface area contributed by atoms with Crippen LogP contribution in [-0.4, -0.2) is 4.98 Å². The van der Waals surface area contributed by atoms with Crippen molar-refractivity contribution in [1.82, 2.24) is 4.98 Å². The first-order valence-electron chi connectivity index (χ1n) is 5.18. The maximum absolute atomic E-state index is 13.2. The van der Waals surface area contributed by atoms with Gasteiger partial charge in [-0.1, -0.05) is 18.2 Å². The molecule has 2 nitrogen and oxygen atoms in total. The maximum Gasteiger partial charge on any atom is 0.124 e. The lowest BCUT2D eigenvalue weighted by atomic mass is 10.0. The molecule has 0 atom stereocenters. The molecule has 80 valence electrons. The number of hydrogen-bond donors (Lipinski definition) is 0. The molecule has 0 radical (unpaired) electrons. The topological polar surface area (TPSA) is 36.7 Å². The smallest absolute Gasteiger partial charge is 0.124 e. The van der Waals surface area contributed by atoms with Gasteiger partial charge >= 0.3 is 0 Å². The lowest BCUT2D eigenvalue weighted by molar-refractivity contribution is 0.629. The van der Waals surface area contributed by atoms with Crippen LogP contribution in [0.1, 0.15) is 5.56 Å². The van der Waals surface area contributed by atoms with Gasteiger partial charge in [0.05, 0.1) is 16.6 Å². The summed E-state index contributed by atoms with van der Waals surface area (Å²) < 4.78 is 13.2. The van der Waals surface area contributed by atoms with E-state index in [1.54, 1.807) is 6.07 Å². The molecule has 17 heavy (non-hydrogen) atoms. The number of nitrogens with zero attached hydrogens (tertiary/aromatic N) is 2. The molecular formula is C14H7FN2. The summed E-state index contributed by atoms with van der Waals surface area (Å²) in [4.78, 5) is 4.41. The molecule has 0 aliphatic heterocycles. The zero-order valence-electron chi connectivity index (χ0n) is 8.81. The highest BCUT2D eigenvalue weighted by Crippen LogP contribution is 2.25. The van der Waals surface area contributed by atoms with E-state index in [0.29, 0.717) is 16.5 Å². The number of benzene rings is 2. The van der Waals surface area contributed by atoms with Gasteiger partial charge in [-0.15, -0.1) is 0 Å². The molecule has 3 rings (SSSR count). The Kier molecular flexibility index (Phi) is 2.02. The van der Waals surface area contributed by atoms with E-state index in [2.05, 4.69) is 11.1 Å². The van der Waals surface area contributed by atoms with Gasteiger partial charge in [-0.05, 0) is 24.3 Å². The Bertz CT molecular complexity index is 772. The Morgan fingerprint density at radius 3 is 2.59 bits per heavy atom. The summed E-state index contributed by atoms with van der Waals surface area (Å²) in [6.45, 7) is 0. The number of hydrogen-bond acceptors (Lipinski definition) is 2. The molecule has 0 saturated heterocycles. The van der Waals surface area contributed by atoms with Crippen LogP contribution in [0.3, 0.4) is 0 Å². The van der Waals surface area contributed by atoms with Crippen LogP contribution >= 0.6 is 0 Å². The number of aromatic nitrogens is 1. The number of halogens is 1. The standard InChI is InChI=1S/C14H7FN2/c15-9-5-6-14-11(7-9)12(8-16)10-3-1-2-4-13(10)17-14/h1-7H. The highest BCUT2D eigenvalue weighted by atomic mass is 19.1. The van der Waals surface area contributed by atoms with Crippen LogP contribution in [0.25, 0.3) is 21.8 Å². The van der Waals surface area contributed by atoms with E-state index in [1.165, 1.54) is 12.1 Å². The Labute approximate surface area is 96.9 Å². The lowest BCUT2D eigenvalue weighted by Gasteiger charge is -2.04. The number of fused-ring (bicyclic) bond motifs is 2. The summed E-state index contributed by atoms with van der Waals surface area (Å²) in [5, 5.41) is 10.5. The monoisotopic (exact) mass is 222 g/mol. The van der Waals surface area contributed by atoms with Crippen molar-refractivity contribution in [3.05, 3.63) is 53.8 Å². The van der Waals surface area contributed by atoms with E-state index >= 15 is 0 Å². The molecular weight excluding hydrogens is 215 g/mol. The average Bonchev–Trinajstić information content (AvgIpc) is 2.36. The molecule has 3 aromatic rings. The predicted octanol–water partition coefficient (Wildman–Crippen LogP) is 3.40. The summed E-state index contributed by atoms with van der Waals surface area (Å²) in [5.74, 6) is -0.355. The minimum absolute atomic E-state index is 0.355. The van der Waals surface area contributed by atoms with Gasteiger partial charge in [-0.25, -0.2) is 9.37 Å². The normalized spacial score (nSPS) is 10.6. The third-order valence-electron chi connectivity index (χ3n) is 2.75. The van der Waals surface area contributed by atoms with Crippen LogP contribution in [0.15, 0.2) is 42.5 Å². The molecule has 0 aliphatic carbocycles. The van der Waals surface area contributed by atoms with Gasteiger partial charge in [-0.2, -0.15) is 5.26 Å². The van der Waals surface area contributed by atoms with Crippen molar-refractivity contribution >= 4 is 21.8 Å². The van der Waals surface area contributed by atoms with Crippen LogP contribution in [0.5, 0.6) is 0 Å². The van der Waals surface area contributed by atoms with Crippen molar-refractivity contribution in [3.8, 4) is 6.07 Å². The zero-order chi connectivity index (χ0) is 11.8. The average molecular weight is 222 g/mol. The minimum atomic E-state index is -0.355. The largest absolute Gasteiger partial charge is 0.248 e. The van der Waals surface area contributed by atoms with Crippen molar-refractivity contribution in [3.63, 3.8) is 0 Å². The summed E-state index contributed by atoms with van der Waals surface area (Å²) in [6.07, 6.45) is 0. The van der Waals surface area contributed by atoms with Crippen molar-refractivity contribution < 1.29 is 4.39 Å². The highest BCUT2D eigenvalue weighted by molar-refractivity contribution is 5.99. The van der Waals surface area contributed by atoms with Crippen LogP contribution in [0.2, 0.25) is 0 Å². The van der Waals surface area contributed by atoms with Gasteiger partial charge in [-0.3, -0.25) is 0 Å². The fourth-order valence-electron chi connectivity index (χ4n) is 1.98. The first-order chi connectivity index (χ1) is 8.29. The fraction of sp³-hybridized carbons (Fsp3) is 0. The Morgan fingerprint density at radius 1 is 1.00 bits per heavy atom. The first kappa shape index (κ1) is 9.73. The maximum atomic E-state index is 13.2. The van der Waals surface area contributed by atoms with E-state index in [1.807, 2.05) is 24.3 Å². The third-order valence-corrected chi connectivity index (χ3v) is 2.75. The summed E-state index contributed by atoms with van der Waals surface area (Å²) >= 11 is 0. The van der Waals surface area contributed by atoms with Crippen LogP contribution < -0.4 is 0 Å². The number of pyridine rings is 1. The van der Waals surface area contributed by atoms with Gasteiger partial charge < -0.3 is 0 Å². The summed E-state index contributed by atoms with van der Waals surface area (Å²) in [7, 11) is 0. The van der Waals surface area contributed by atoms with Crippen LogP contribution in [-0.2, 0) is 0 Å². The SMILES string of the molecule is N#Cc1c2ccccc2nc2ccc(F)cc12. The molecule has 0 spiro atoms. The van der Waals surface area contributed by atoms with E-state index in [9.17, 15) is 9.65 Å². The van der Waals surface area contributed by atoms with Crippen LogP contribution in [0.4, 0.5) is 4.39 Å². The highest BCUT2D eigenvalue weighted by Gasteiger charge is 2.08. The predicted molar refractivity (Wildman–Crippen MR) is 63.9 cm³/mol. The van der Waals surface area contributed by atoms with E-state index in [-0.39, 0.29) is 5.82 Å². The first-order valence-corrected chi connectivity index (χ1v) is 5.18. The molecule has 0 amide bonds. The van der Waals surface area contributed by atoms with Gasteiger partial charge in [0.2, 0.25) is 0 Å². The Hall–Kier alpha value is -2.47. The van der Waals surface area contributed by atoms with Crippen molar-refractivity contribution in [2.45, 2.75) is 0 Å². The number of rotatable bonds is 0. The number of nitriles is 1. The summed E-state index contributed by atoms with van der Waals surface area (Å²) in [5.41, 5.74) is 1.87. The molecule has 0 bridgehead atoms. The lowest BCUT2D eigenvalue weighted by Crippen LogP contribution is -1.89. The quantitative estimate of drug-likeness (QED) is 0.546. The second kappa shape index (κ2) is 3.53. The third kappa shape index (κ3) is 1.42. The van der Waals surface area contributed by atoms with E-state index < -0.39 is 0 Å². The van der Waals surface area contributed by atoms with Crippen molar-refractivity contribution in [2.24, 2.45) is 0 Å². The molecule has 1 aromatic heterocycles. The van der Waals surface area contributed by atoms with Gasteiger partial charge in [0.15, 0.2) is 0 Å². The minimum Gasteiger partial charge on any atom is -0.248 e. The van der Waals surface area contributed by atoms with Crippen molar-refractivity contribution in [2.75, 3.05) is 0 Å². The summed E-state index contributed by atoms with van der Waals surface area (Å²) in [6, 6.07) is 13.8. The molecule has 0 unspecified atom stereocenters. The molecule has 1 heterocycles. The fourth-order valence-corrected chi connectivity index (χ4v) is 1.98. The second-order valence-corrected chi connectivity index (χ2v) is 3.78. The van der Waals surface area contributed by atoms with Gasteiger partial charge in [0, 0.05) is 10.8 Å². The molecule has 0 aliphatic rings. The molecule has 3 heteroatoms. The van der Waals surface area contributed by atoms with Gasteiger partial charge in [0.25, 0.3) is 0 Å². The Morgan fingerprint density at radius 2 is 1.76 bits per heavy atom. The molecule has 0 saturated carbocycles. The van der Waals surface area contributed by atoms with Crippen molar-refractivity contribution in [1.29, 1.82) is 5.26 Å². The molecule has 2 aromatic carbocycles. The van der Waals surface area contributed by atoms with E-state index in [4.69, 9.17) is 0 Å². The van der Waals surface area contributed by atoms with Gasteiger partial charge in [0.1, 0.15) is 11.9 Å². The van der Waals surface area contributed by atoms with E-state index in [0.717, 1.165) is 10.9 Å². The zero-order valence-corrected chi connectivity index (χ0v) is 8.81. The number of para-hydroxylation sites is 1. The Balaban J connectivity index is 2.60. The molecule has 0 N–H and O–H groups in total. The van der Waals surface area contributed by atoms with Crippen LogP contribution in [0, 0.1) is 17.1 Å². The second-order valence-electron chi connectivity index (χ2n) is 3.78.